The Morgan fingerprint density at radius 1 is 1.25 bits per heavy atom. The predicted octanol–water partition coefficient (Wildman–Crippen LogP) is 4.71. The molecule has 2 nitrogen and oxygen atoms in total. The summed E-state index contributed by atoms with van der Waals surface area (Å²) in [5, 5.41) is 3.60. The van der Waals surface area contributed by atoms with E-state index in [9.17, 15) is 0 Å². The summed E-state index contributed by atoms with van der Waals surface area (Å²) in [6.45, 7) is 6.41. The molecule has 0 heterocycles. The summed E-state index contributed by atoms with van der Waals surface area (Å²) in [5.74, 6) is 1.81. The molecule has 2 rings (SSSR count). The Morgan fingerprint density at radius 2 is 2.05 bits per heavy atom. The van der Waals surface area contributed by atoms with Crippen LogP contribution in [0.1, 0.15) is 64.0 Å². The van der Waals surface area contributed by atoms with Gasteiger partial charge in [-0.2, -0.15) is 0 Å². The van der Waals surface area contributed by atoms with Crippen molar-refractivity contribution in [2.24, 2.45) is 5.92 Å². The number of rotatable bonds is 8. The van der Waals surface area contributed by atoms with Crippen LogP contribution in [0.4, 0.5) is 0 Å². The molecule has 0 radical (unpaired) electrons. The highest BCUT2D eigenvalue weighted by molar-refractivity contribution is 5.30. The summed E-state index contributed by atoms with van der Waals surface area (Å²) in [7, 11) is 0. The minimum Gasteiger partial charge on any atom is -0.493 e. The fourth-order valence-corrected chi connectivity index (χ4v) is 3.03. The van der Waals surface area contributed by atoms with Crippen LogP contribution in [-0.4, -0.2) is 13.2 Å². The van der Waals surface area contributed by atoms with Gasteiger partial charge in [-0.3, -0.25) is 0 Å². The predicted molar refractivity (Wildman–Crippen MR) is 85.2 cm³/mol. The third-order valence-electron chi connectivity index (χ3n) is 4.27. The van der Waals surface area contributed by atoms with Gasteiger partial charge in [0.25, 0.3) is 0 Å². The number of benzene rings is 1. The fourth-order valence-electron chi connectivity index (χ4n) is 3.03. The topological polar surface area (TPSA) is 21.3 Å². The van der Waals surface area contributed by atoms with Gasteiger partial charge in [0.2, 0.25) is 0 Å². The summed E-state index contributed by atoms with van der Waals surface area (Å²) < 4.78 is 6.00. The van der Waals surface area contributed by atoms with E-state index in [2.05, 4.69) is 43.4 Å². The van der Waals surface area contributed by atoms with Crippen LogP contribution in [-0.2, 0) is 0 Å². The Morgan fingerprint density at radius 3 is 2.75 bits per heavy atom. The molecule has 0 saturated heterocycles. The van der Waals surface area contributed by atoms with Crippen LogP contribution in [0, 0.1) is 5.92 Å². The zero-order valence-electron chi connectivity index (χ0n) is 13.0. The smallest absolute Gasteiger partial charge is 0.119 e. The second-order valence-electron chi connectivity index (χ2n) is 5.95. The number of hydrogen-bond donors (Lipinski definition) is 1. The van der Waals surface area contributed by atoms with Crippen molar-refractivity contribution in [2.75, 3.05) is 13.2 Å². The molecule has 2 heteroatoms. The highest BCUT2D eigenvalue weighted by Gasteiger charge is 2.16. The van der Waals surface area contributed by atoms with Crippen LogP contribution in [0.2, 0.25) is 0 Å². The lowest BCUT2D eigenvalue weighted by atomic mass is 10.0. The van der Waals surface area contributed by atoms with Crippen molar-refractivity contribution in [3.8, 4) is 5.75 Å². The van der Waals surface area contributed by atoms with E-state index < -0.39 is 0 Å². The van der Waals surface area contributed by atoms with Crippen LogP contribution in [0.5, 0.6) is 5.75 Å². The van der Waals surface area contributed by atoms with Crippen molar-refractivity contribution in [1.82, 2.24) is 5.32 Å². The second kappa shape index (κ2) is 8.31. The molecule has 1 unspecified atom stereocenters. The van der Waals surface area contributed by atoms with Gasteiger partial charge in [-0.15, -0.1) is 0 Å². The minimum atomic E-state index is 0.449. The zero-order chi connectivity index (χ0) is 14.2. The maximum atomic E-state index is 6.00. The molecule has 0 aromatic heterocycles. The molecular weight excluding hydrogens is 246 g/mol. The Kier molecular flexibility index (Phi) is 6.38. The van der Waals surface area contributed by atoms with Crippen molar-refractivity contribution in [1.29, 1.82) is 0 Å². The second-order valence-corrected chi connectivity index (χ2v) is 5.95. The van der Waals surface area contributed by atoms with Crippen LogP contribution < -0.4 is 10.1 Å². The first-order chi connectivity index (χ1) is 9.83. The lowest BCUT2D eigenvalue weighted by Gasteiger charge is -2.18. The third kappa shape index (κ3) is 4.52. The van der Waals surface area contributed by atoms with Gasteiger partial charge in [-0.1, -0.05) is 38.8 Å². The first kappa shape index (κ1) is 15.4. The van der Waals surface area contributed by atoms with Crippen molar-refractivity contribution in [2.45, 2.75) is 58.4 Å². The maximum Gasteiger partial charge on any atom is 0.119 e. The van der Waals surface area contributed by atoms with E-state index in [1.807, 2.05) is 0 Å². The van der Waals surface area contributed by atoms with E-state index >= 15 is 0 Å². The van der Waals surface area contributed by atoms with Crippen molar-refractivity contribution in [3.63, 3.8) is 0 Å². The molecule has 20 heavy (non-hydrogen) atoms. The molecule has 1 saturated carbocycles. The summed E-state index contributed by atoms with van der Waals surface area (Å²) in [6.07, 6.45) is 7.74. The average molecular weight is 275 g/mol. The van der Waals surface area contributed by atoms with Gasteiger partial charge in [-0.25, -0.2) is 0 Å². The van der Waals surface area contributed by atoms with Crippen molar-refractivity contribution in [3.05, 3.63) is 29.8 Å². The SMILES string of the molecule is CCCNC(CC)c1cccc(OCC2CCCC2)c1. The minimum absolute atomic E-state index is 0.449. The molecule has 1 aromatic carbocycles. The Bertz CT molecular complexity index is 385. The molecule has 1 fully saturated rings. The van der Waals surface area contributed by atoms with Gasteiger partial charge in [0.15, 0.2) is 0 Å². The highest BCUT2D eigenvalue weighted by Crippen LogP contribution is 2.27. The summed E-state index contributed by atoms with van der Waals surface area (Å²) in [4.78, 5) is 0. The van der Waals surface area contributed by atoms with Gasteiger partial charge < -0.3 is 10.1 Å². The van der Waals surface area contributed by atoms with Crippen molar-refractivity contribution >= 4 is 0 Å². The molecule has 0 aliphatic heterocycles. The van der Waals surface area contributed by atoms with Crippen LogP contribution >= 0.6 is 0 Å². The molecule has 1 aliphatic carbocycles. The van der Waals surface area contributed by atoms with E-state index in [1.165, 1.54) is 37.7 Å². The summed E-state index contributed by atoms with van der Waals surface area (Å²) in [6, 6.07) is 9.08. The number of ether oxygens (including phenoxy) is 1. The first-order valence-electron chi connectivity index (χ1n) is 8.29. The molecular formula is C18H29NO. The highest BCUT2D eigenvalue weighted by atomic mass is 16.5. The first-order valence-corrected chi connectivity index (χ1v) is 8.29. The molecule has 1 atom stereocenters. The van der Waals surface area contributed by atoms with E-state index in [1.54, 1.807) is 0 Å². The monoisotopic (exact) mass is 275 g/mol. The maximum absolute atomic E-state index is 6.00. The normalized spacial score (nSPS) is 17.3. The Balaban J connectivity index is 1.91. The van der Waals surface area contributed by atoms with E-state index in [0.717, 1.165) is 31.2 Å². The lowest BCUT2D eigenvalue weighted by Crippen LogP contribution is -2.21. The van der Waals surface area contributed by atoms with Gasteiger partial charge in [0.05, 0.1) is 6.61 Å². The Hall–Kier alpha value is -1.02. The fraction of sp³-hybridized carbons (Fsp3) is 0.667. The number of hydrogen-bond acceptors (Lipinski definition) is 2. The van der Waals surface area contributed by atoms with E-state index in [-0.39, 0.29) is 0 Å². The third-order valence-corrected chi connectivity index (χ3v) is 4.27. The lowest BCUT2D eigenvalue weighted by molar-refractivity contribution is 0.251. The molecule has 0 spiro atoms. The molecule has 1 aliphatic rings. The molecule has 1 N–H and O–H groups in total. The van der Waals surface area contributed by atoms with Crippen molar-refractivity contribution < 1.29 is 4.74 Å². The van der Waals surface area contributed by atoms with Gasteiger partial charge >= 0.3 is 0 Å². The quantitative estimate of drug-likeness (QED) is 0.742. The molecule has 1 aromatic rings. The van der Waals surface area contributed by atoms with E-state index in [0.29, 0.717) is 6.04 Å². The summed E-state index contributed by atoms with van der Waals surface area (Å²) in [5.41, 5.74) is 1.35. The van der Waals surface area contributed by atoms with Crippen LogP contribution in [0.3, 0.4) is 0 Å². The summed E-state index contributed by atoms with van der Waals surface area (Å²) >= 11 is 0. The standard InChI is InChI=1S/C18H29NO/c1-3-12-19-18(4-2)16-10-7-11-17(13-16)20-14-15-8-5-6-9-15/h7,10-11,13,15,18-19H,3-6,8-9,12,14H2,1-2H3. The zero-order valence-corrected chi connectivity index (χ0v) is 13.0. The van der Waals surface area contributed by atoms with Gasteiger partial charge in [0, 0.05) is 6.04 Å². The largest absolute Gasteiger partial charge is 0.493 e. The molecule has 112 valence electrons. The van der Waals surface area contributed by atoms with Gasteiger partial charge in [-0.05, 0) is 55.8 Å². The number of nitrogens with one attached hydrogen (secondary N) is 1. The van der Waals surface area contributed by atoms with Crippen LogP contribution in [0.25, 0.3) is 0 Å². The molecule has 0 amide bonds. The Labute approximate surface area is 123 Å². The van der Waals surface area contributed by atoms with Gasteiger partial charge in [0.1, 0.15) is 5.75 Å². The van der Waals surface area contributed by atoms with Crippen LogP contribution in [0.15, 0.2) is 24.3 Å². The van der Waals surface area contributed by atoms with E-state index in [4.69, 9.17) is 4.74 Å². The molecule has 0 bridgehead atoms. The average Bonchev–Trinajstić information content (AvgIpc) is 3.00.